The summed E-state index contributed by atoms with van der Waals surface area (Å²) in [5.41, 5.74) is 2.26. The zero-order valence-electron chi connectivity index (χ0n) is 14.2. The van der Waals surface area contributed by atoms with Crippen LogP contribution in [0.2, 0.25) is 0 Å². The van der Waals surface area contributed by atoms with E-state index in [1.165, 1.54) is 37.7 Å². The van der Waals surface area contributed by atoms with Gasteiger partial charge in [0.1, 0.15) is 5.69 Å². The molecule has 0 unspecified atom stereocenters. The molecule has 4 heteroatoms. The number of hydrogen-bond acceptors (Lipinski definition) is 3. The molecule has 25 heavy (non-hydrogen) atoms. The first-order chi connectivity index (χ1) is 12.2. The Labute approximate surface area is 148 Å². The Morgan fingerprint density at radius 1 is 1.16 bits per heavy atom. The number of benzene rings is 1. The van der Waals surface area contributed by atoms with E-state index in [2.05, 4.69) is 23.2 Å². The molecule has 2 aromatic rings. The van der Waals surface area contributed by atoms with Gasteiger partial charge >= 0.3 is 0 Å². The molecule has 126 valence electrons. The molecule has 1 amide bonds. The zero-order valence-corrected chi connectivity index (χ0v) is 14.2. The molecule has 0 N–H and O–H groups in total. The minimum absolute atomic E-state index is 0.0675. The van der Waals surface area contributed by atoms with Crippen molar-refractivity contribution in [3.8, 4) is 6.07 Å². The minimum atomic E-state index is -0.0675. The van der Waals surface area contributed by atoms with E-state index in [0.29, 0.717) is 11.3 Å². The number of nitriles is 1. The van der Waals surface area contributed by atoms with E-state index in [9.17, 15) is 4.79 Å². The highest BCUT2D eigenvalue weighted by Crippen LogP contribution is 2.57. The maximum atomic E-state index is 13.1. The largest absolute Gasteiger partial charge is 0.329 e. The molecule has 1 aromatic carbocycles. The maximum absolute atomic E-state index is 13.1. The third-order valence-electron chi connectivity index (χ3n) is 5.71. The van der Waals surface area contributed by atoms with Crippen molar-refractivity contribution in [3.63, 3.8) is 0 Å². The summed E-state index contributed by atoms with van der Waals surface area (Å²) in [6.07, 6.45) is 7.69. The van der Waals surface area contributed by atoms with Crippen molar-refractivity contribution >= 4 is 5.91 Å². The molecular formula is C21H21N3O. The topological polar surface area (TPSA) is 57.0 Å². The first-order valence-electron chi connectivity index (χ1n) is 8.96. The van der Waals surface area contributed by atoms with Gasteiger partial charge in [0.05, 0.1) is 17.7 Å². The Bertz CT molecular complexity index is 819. The van der Waals surface area contributed by atoms with Crippen LogP contribution in [0.4, 0.5) is 0 Å². The first kappa shape index (κ1) is 15.8. The third kappa shape index (κ3) is 2.70. The molecule has 2 heterocycles. The molecule has 1 saturated carbocycles. The highest BCUT2D eigenvalue weighted by atomic mass is 16.2. The number of carbonyl (C=O) groups excluding carboxylic acids is 1. The van der Waals surface area contributed by atoms with Gasteiger partial charge in [0, 0.05) is 18.2 Å². The second kappa shape index (κ2) is 6.33. The van der Waals surface area contributed by atoms with Crippen LogP contribution in [-0.4, -0.2) is 22.3 Å². The van der Waals surface area contributed by atoms with Crippen LogP contribution < -0.4 is 0 Å². The van der Waals surface area contributed by atoms with Crippen LogP contribution in [-0.2, 0) is 0 Å². The van der Waals surface area contributed by atoms with Crippen molar-refractivity contribution in [1.29, 1.82) is 5.26 Å². The fourth-order valence-electron chi connectivity index (χ4n) is 4.54. The minimum Gasteiger partial charge on any atom is -0.329 e. The lowest BCUT2D eigenvalue weighted by Gasteiger charge is -2.59. The number of likely N-dealkylation sites (tertiary alicyclic amines) is 1. The lowest BCUT2D eigenvalue weighted by molar-refractivity contribution is -0.0772. The van der Waals surface area contributed by atoms with Crippen molar-refractivity contribution in [1.82, 2.24) is 9.88 Å². The summed E-state index contributed by atoms with van der Waals surface area (Å²) in [7, 11) is 0. The van der Waals surface area contributed by atoms with E-state index in [4.69, 9.17) is 5.26 Å². The molecule has 2 aliphatic rings. The van der Waals surface area contributed by atoms with Crippen LogP contribution >= 0.6 is 0 Å². The number of amides is 1. The van der Waals surface area contributed by atoms with Crippen LogP contribution in [0.15, 0.2) is 48.7 Å². The van der Waals surface area contributed by atoms with Gasteiger partial charge in [0.25, 0.3) is 5.91 Å². The van der Waals surface area contributed by atoms with E-state index < -0.39 is 0 Å². The molecule has 1 aromatic heterocycles. The van der Waals surface area contributed by atoms with Crippen LogP contribution in [0, 0.1) is 16.7 Å². The van der Waals surface area contributed by atoms with E-state index in [-0.39, 0.29) is 17.4 Å². The zero-order chi connectivity index (χ0) is 17.3. The molecule has 1 atom stereocenters. The number of pyridine rings is 1. The van der Waals surface area contributed by atoms with Gasteiger partial charge in [-0.1, -0.05) is 49.6 Å². The fourth-order valence-corrected chi connectivity index (χ4v) is 4.54. The highest BCUT2D eigenvalue weighted by molar-refractivity contribution is 5.93. The lowest BCUT2D eigenvalue weighted by atomic mass is 9.61. The number of hydrogen-bond donors (Lipinski definition) is 0. The van der Waals surface area contributed by atoms with Crippen molar-refractivity contribution < 1.29 is 4.79 Å². The normalized spacial score (nSPS) is 21.4. The summed E-state index contributed by atoms with van der Waals surface area (Å²) in [5, 5.41) is 9.08. The molecule has 0 bridgehead atoms. The van der Waals surface area contributed by atoms with Crippen LogP contribution in [0.25, 0.3) is 0 Å². The standard InChI is InChI=1S/C21H21N3O/c22-14-16-9-12-23-18(13-16)20(25)24-15-21(10-5-2-6-11-21)19(24)17-7-3-1-4-8-17/h1,3-4,7-9,12-13,19H,2,5-6,10-11,15H2/t19-/m0/s1. The summed E-state index contributed by atoms with van der Waals surface area (Å²) >= 11 is 0. The average molecular weight is 331 g/mol. The monoisotopic (exact) mass is 331 g/mol. The quantitative estimate of drug-likeness (QED) is 0.832. The molecule has 1 aliphatic heterocycles. The van der Waals surface area contributed by atoms with Gasteiger partial charge in [0.2, 0.25) is 0 Å². The summed E-state index contributed by atoms with van der Waals surface area (Å²) in [6.45, 7) is 0.795. The Balaban J connectivity index is 1.67. The number of rotatable bonds is 2. The Kier molecular flexibility index (Phi) is 4.01. The smallest absolute Gasteiger partial charge is 0.273 e. The van der Waals surface area contributed by atoms with Gasteiger partial charge in [-0.3, -0.25) is 9.78 Å². The van der Waals surface area contributed by atoms with E-state index in [0.717, 1.165) is 6.54 Å². The van der Waals surface area contributed by atoms with Gasteiger partial charge in [-0.05, 0) is 30.5 Å². The maximum Gasteiger partial charge on any atom is 0.273 e. The molecule has 2 fully saturated rings. The number of nitrogens with zero attached hydrogens (tertiary/aromatic N) is 3. The molecule has 4 rings (SSSR count). The number of carbonyl (C=O) groups is 1. The van der Waals surface area contributed by atoms with Crippen LogP contribution in [0.5, 0.6) is 0 Å². The summed E-state index contributed by atoms with van der Waals surface area (Å²) in [6, 6.07) is 15.8. The third-order valence-corrected chi connectivity index (χ3v) is 5.71. The number of aromatic nitrogens is 1. The Morgan fingerprint density at radius 3 is 2.64 bits per heavy atom. The predicted octanol–water partition coefficient (Wildman–Crippen LogP) is 4.10. The first-order valence-corrected chi connectivity index (χ1v) is 8.96. The molecule has 1 saturated heterocycles. The van der Waals surface area contributed by atoms with Crippen molar-refractivity contribution in [3.05, 3.63) is 65.5 Å². The van der Waals surface area contributed by atoms with E-state index in [1.54, 1.807) is 18.3 Å². The second-order valence-electron chi connectivity index (χ2n) is 7.21. The van der Waals surface area contributed by atoms with E-state index >= 15 is 0 Å². The van der Waals surface area contributed by atoms with Crippen molar-refractivity contribution in [2.75, 3.05) is 6.54 Å². The van der Waals surface area contributed by atoms with Gasteiger partial charge in [0.15, 0.2) is 0 Å². The van der Waals surface area contributed by atoms with Gasteiger partial charge < -0.3 is 4.90 Å². The Hall–Kier alpha value is -2.67. The Morgan fingerprint density at radius 2 is 1.92 bits per heavy atom. The van der Waals surface area contributed by atoms with Gasteiger partial charge in [-0.15, -0.1) is 0 Å². The summed E-state index contributed by atoms with van der Waals surface area (Å²) < 4.78 is 0. The molecule has 0 radical (unpaired) electrons. The lowest BCUT2D eigenvalue weighted by Crippen LogP contribution is -2.61. The highest BCUT2D eigenvalue weighted by Gasteiger charge is 2.55. The second-order valence-corrected chi connectivity index (χ2v) is 7.21. The van der Waals surface area contributed by atoms with Crippen molar-refractivity contribution in [2.45, 2.75) is 38.1 Å². The molecule has 1 aliphatic carbocycles. The predicted molar refractivity (Wildman–Crippen MR) is 94.7 cm³/mol. The average Bonchev–Trinajstić information content (AvgIpc) is 2.67. The SMILES string of the molecule is N#Cc1ccnc(C(=O)N2CC3(CCCCC3)[C@@H]2c2ccccc2)c1. The van der Waals surface area contributed by atoms with Crippen molar-refractivity contribution in [2.24, 2.45) is 5.41 Å². The van der Waals surface area contributed by atoms with Gasteiger partial charge in [-0.25, -0.2) is 0 Å². The van der Waals surface area contributed by atoms with Crippen LogP contribution in [0.1, 0.15) is 59.8 Å². The van der Waals surface area contributed by atoms with E-state index in [1.807, 2.05) is 23.1 Å². The molecular weight excluding hydrogens is 310 g/mol. The molecule has 1 spiro atoms. The molecule has 4 nitrogen and oxygen atoms in total. The fraction of sp³-hybridized carbons (Fsp3) is 0.381. The summed E-state index contributed by atoms with van der Waals surface area (Å²) in [4.78, 5) is 19.2. The summed E-state index contributed by atoms with van der Waals surface area (Å²) in [5.74, 6) is -0.0675. The van der Waals surface area contributed by atoms with Crippen LogP contribution in [0.3, 0.4) is 0 Å². The van der Waals surface area contributed by atoms with Gasteiger partial charge in [-0.2, -0.15) is 5.26 Å².